The minimum Gasteiger partial charge on any atom is -0.402 e. The van der Waals surface area contributed by atoms with Crippen LogP contribution in [-0.2, 0) is 9.36 Å². The lowest BCUT2D eigenvalue weighted by Gasteiger charge is -2.35. The molecule has 0 aliphatic carbocycles. The number of carbonyl (C=O) groups excluding carboxylic acids is 1. The third-order valence-electron chi connectivity index (χ3n) is 6.22. The molecule has 4 aromatic rings. The number of rotatable bonds is 8. The number of carbonyl (C=O) groups is 1. The number of benzene rings is 2. The summed E-state index contributed by atoms with van der Waals surface area (Å²) in [6.07, 6.45) is 2.71. The van der Waals surface area contributed by atoms with Crippen molar-refractivity contribution in [3.63, 3.8) is 0 Å². The molecule has 0 radical (unpaired) electrons. The molecule has 2 aromatic heterocycles. The number of phosphoric ester groups is 1. The molecule has 40 heavy (non-hydrogen) atoms. The standard InChI is InChI=1S/C25H26FN8O5P/c1-3-21(35)28-16-6-4-5-15(11-16)22-18-14-27-32-24(18)31-25(30-22)29-17-12-19(26)23(20(13-17)39-40(36,37)38)34-9-7-33(2)8-10-34/h3-6,11-14H,1,7-10H2,2H3,(H,28,35)(H2,36,37,38)(H2,27,29,30,31,32). The quantitative estimate of drug-likeness (QED) is 0.156. The van der Waals surface area contributed by atoms with Gasteiger partial charge >= 0.3 is 7.82 Å². The Balaban J connectivity index is 1.52. The van der Waals surface area contributed by atoms with Crippen molar-refractivity contribution in [1.29, 1.82) is 0 Å². The van der Waals surface area contributed by atoms with E-state index in [0.29, 0.717) is 54.2 Å². The van der Waals surface area contributed by atoms with Gasteiger partial charge < -0.3 is 25.0 Å². The lowest BCUT2D eigenvalue weighted by atomic mass is 10.1. The van der Waals surface area contributed by atoms with Crippen molar-refractivity contribution in [2.75, 3.05) is 48.8 Å². The van der Waals surface area contributed by atoms with Gasteiger partial charge in [-0.3, -0.25) is 19.7 Å². The van der Waals surface area contributed by atoms with Crippen LogP contribution in [0.5, 0.6) is 5.75 Å². The number of phosphoric acid groups is 1. The number of aromatic nitrogens is 4. The van der Waals surface area contributed by atoms with Crippen molar-refractivity contribution in [2.24, 2.45) is 0 Å². The topological polar surface area (TPSA) is 169 Å². The van der Waals surface area contributed by atoms with E-state index in [0.717, 1.165) is 6.08 Å². The Hall–Kier alpha value is -4.36. The Morgan fingerprint density at radius 3 is 2.67 bits per heavy atom. The normalized spacial score (nSPS) is 14.2. The highest BCUT2D eigenvalue weighted by Crippen LogP contribution is 2.45. The maximum atomic E-state index is 15.5. The summed E-state index contributed by atoms with van der Waals surface area (Å²) in [5.74, 6) is -1.35. The largest absolute Gasteiger partial charge is 0.524 e. The molecule has 2 aromatic carbocycles. The van der Waals surface area contributed by atoms with Gasteiger partial charge in [-0.25, -0.2) is 13.9 Å². The van der Waals surface area contributed by atoms with Crippen LogP contribution < -0.4 is 20.1 Å². The average Bonchev–Trinajstić information content (AvgIpc) is 3.37. The van der Waals surface area contributed by atoms with Gasteiger partial charge in [-0.05, 0) is 31.3 Å². The van der Waals surface area contributed by atoms with Crippen LogP contribution in [0.3, 0.4) is 0 Å². The van der Waals surface area contributed by atoms with E-state index in [-0.39, 0.29) is 29.0 Å². The Morgan fingerprint density at radius 1 is 1.18 bits per heavy atom. The summed E-state index contributed by atoms with van der Waals surface area (Å²) in [5.41, 5.74) is 2.09. The predicted molar refractivity (Wildman–Crippen MR) is 148 cm³/mol. The fourth-order valence-corrected chi connectivity index (χ4v) is 4.75. The summed E-state index contributed by atoms with van der Waals surface area (Å²) in [6, 6.07) is 9.45. The molecule has 1 aliphatic heterocycles. The number of hydrogen-bond acceptors (Lipinski definition) is 9. The third kappa shape index (κ3) is 6.10. The molecule has 13 nitrogen and oxygen atoms in total. The number of piperazine rings is 1. The van der Waals surface area contributed by atoms with Crippen molar-refractivity contribution in [1.82, 2.24) is 25.1 Å². The third-order valence-corrected chi connectivity index (χ3v) is 6.65. The fraction of sp³-hybridized carbons (Fsp3) is 0.200. The second-order valence-electron chi connectivity index (χ2n) is 9.10. The van der Waals surface area contributed by atoms with Crippen molar-refractivity contribution < 1.29 is 28.1 Å². The van der Waals surface area contributed by atoms with Crippen LogP contribution in [0.25, 0.3) is 22.3 Å². The van der Waals surface area contributed by atoms with Crippen LogP contribution in [0.1, 0.15) is 0 Å². The minimum atomic E-state index is -5.00. The molecule has 0 spiro atoms. The van der Waals surface area contributed by atoms with Gasteiger partial charge in [0.25, 0.3) is 0 Å². The summed E-state index contributed by atoms with van der Waals surface area (Å²) in [5, 5.41) is 13.0. The van der Waals surface area contributed by atoms with Crippen LogP contribution in [0, 0.1) is 5.82 Å². The Kier molecular flexibility index (Phi) is 7.50. The van der Waals surface area contributed by atoms with Crippen LogP contribution in [0.2, 0.25) is 0 Å². The van der Waals surface area contributed by atoms with Gasteiger partial charge in [0.15, 0.2) is 17.2 Å². The highest BCUT2D eigenvalue weighted by atomic mass is 31.2. The number of likely N-dealkylation sites (N-methyl/N-ethyl adjacent to an activating group) is 1. The number of H-pyrrole nitrogens is 1. The number of halogens is 1. The number of anilines is 4. The molecule has 0 unspecified atom stereocenters. The highest BCUT2D eigenvalue weighted by Gasteiger charge is 2.27. The molecule has 1 amide bonds. The Labute approximate surface area is 227 Å². The predicted octanol–water partition coefficient (Wildman–Crippen LogP) is 3.25. The van der Waals surface area contributed by atoms with Gasteiger partial charge in [-0.1, -0.05) is 18.7 Å². The number of nitrogens with zero attached hydrogens (tertiary/aromatic N) is 5. The molecule has 15 heteroatoms. The lowest BCUT2D eigenvalue weighted by molar-refractivity contribution is -0.111. The lowest BCUT2D eigenvalue weighted by Crippen LogP contribution is -2.45. The minimum absolute atomic E-state index is 0.0361. The summed E-state index contributed by atoms with van der Waals surface area (Å²) in [7, 11) is -3.07. The van der Waals surface area contributed by atoms with Gasteiger partial charge in [0.05, 0.1) is 17.3 Å². The molecule has 208 valence electrons. The number of amides is 1. The first-order chi connectivity index (χ1) is 19.1. The van der Waals surface area contributed by atoms with E-state index in [2.05, 4.69) is 42.3 Å². The molecule has 3 heterocycles. The number of aromatic amines is 1. The van der Waals surface area contributed by atoms with Gasteiger partial charge in [-0.15, -0.1) is 0 Å². The fourth-order valence-electron chi connectivity index (χ4n) is 4.36. The zero-order valence-electron chi connectivity index (χ0n) is 21.3. The summed E-state index contributed by atoms with van der Waals surface area (Å²) in [6.45, 7) is 5.65. The van der Waals surface area contributed by atoms with E-state index in [1.54, 1.807) is 35.4 Å². The van der Waals surface area contributed by atoms with Crippen molar-refractivity contribution >= 4 is 47.8 Å². The van der Waals surface area contributed by atoms with Crippen molar-refractivity contribution in [2.45, 2.75) is 0 Å². The average molecular weight is 569 g/mol. The number of fused-ring (bicyclic) bond motifs is 1. The molecule has 1 fully saturated rings. The van der Waals surface area contributed by atoms with Crippen LogP contribution >= 0.6 is 7.82 Å². The first-order valence-electron chi connectivity index (χ1n) is 12.1. The Morgan fingerprint density at radius 2 is 1.95 bits per heavy atom. The summed E-state index contributed by atoms with van der Waals surface area (Å²) in [4.78, 5) is 43.5. The molecule has 0 saturated carbocycles. The van der Waals surface area contributed by atoms with Crippen molar-refractivity contribution in [3.05, 3.63) is 61.1 Å². The SMILES string of the molecule is C=CC(=O)Nc1cccc(-c2nc(Nc3cc(F)c(N4CCN(C)CC4)c(OP(=O)(O)O)c3)nc3[nH]ncc23)c1. The molecule has 0 bridgehead atoms. The summed E-state index contributed by atoms with van der Waals surface area (Å²) >= 11 is 0. The first kappa shape index (κ1) is 27.2. The molecular weight excluding hydrogens is 542 g/mol. The van der Waals surface area contributed by atoms with E-state index in [4.69, 9.17) is 4.52 Å². The zero-order valence-corrected chi connectivity index (χ0v) is 22.2. The molecule has 0 atom stereocenters. The van der Waals surface area contributed by atoms with Gasteiger partial charge in [0.1, 0.15) is 5.69 Å². The number of hydrogen-bond donors (Lipinski definition) is 5. The molecule has 5 N–H and O–H groups in total. The maximum absolute atomic E-state index is 15.5. The second-order valence-corrected chi connectivity index (χ2v) is 10.3. The molecular formula is C25H26FN8O5P. The smallest absolute Gasteiger partial charge is 0.402 e. The monoisotopic (exact) mass is 568 g/mol. The van der Waals surface area contributed by atoms with Gasteiger partial charge in [0.2, 0.25) is 11.9 Å². The molecule has 1 saturated heterocycles. The summed E-state index contributed by atoms with van der Waals surface area (Å²) < 4.78 is 32.1. The van der Waals surface area contributed by atoms with Crippen LogP contribution in [0.4, 0.5) is 27.4 Å². The van der Waals surface area contributed by atoms with E-state index in [1.165, 1.54) is 12.1 Å². The van der Waals surface area contributed by atoms with Crippen LogP contribution in [0.15, 0.2) is 55.3 Å². The highest BCUT2D eigenvalue weighted by molar-refractivity contribution is 7.46. The van der Waals surface area contributed by atoms with E-state index < -0.39 is 13.6 Å². The van der Waals surface area contributed by atoms with E-state index in [1.807, 2.05) is 7.05 Å². The van der Waals surface area contributed by atoms with Gasteiger partial charge in [0, 0.05) is 49.2 Å². The van der Waals surface area contributed by atoms with Crippen LogP contribution in [-0.4, -0.2) is 74.0 Å². The second kappa shape index (κ2) is 11.0. The maximum Gasteiger partial charge on any atom is 0.524 e. The van der Waals surface area contributed by atoms with E-state index in [9.17, 15) is 19.1 Å². The first-order valence-corrected chi connectivity index (χ1v) is 13.7. The van der Waals surface area contributed by atoms with Gasteiger partial charge in [-0.2, -0.15) is 10.1 Å². The zero-order chi connectivity index (χ0) is 28.4. The van der Waals surface area contributed by atoms with Crippen molar-refractivity contribution in [3.8, 4) is 17.0 Å². The number of nitrogens with one attached hydrogen (secondary N) is 3. The molecule has 1 aliphatic rings. The Bertz CT molecular complexity index is 1630. The molecule has 5 rings (SSSR count). The van der Waals surface area contributed by atoms with E-state index >= 15 is 4.39 Å².